The molecule has 0 aromatic heterocycles. The Morgan fingerprint density at radius 1 is 1.45 bits per heavy atom. The second-order valence-electron chi connectivity index (χ2n) is 4.78. The van der Waals surface area contributed by atoms with Gasteiger partial charge in [0.15, 0.2) is 0 Å². The fourth-order valence-electron chi connectivity index (χ4n) is 2.14. The van der Waals surface area contributed by atoms with Gasteiger partial charge in [0.2, 0.25) is 5.91 Å². The van der Waals surface area contributed by atoms with Crippen LogP contribution in [0.15, 0.2) is 0 Å². The quantitative estimate of drug-likeness (QED) is 0.661. The van der Waals surface area contributed by atoms with Gasteiger partial charge in [0, 0.05) is 33.7 Å². The number of amides is 1. The Bertz CT molecular complexity index is 465. The third-order valence-electron chi connectivity index (χ3n) is 3.36. The van der Waals surface area contributed by atoms with Crippen LogP contribution in [0.25, 0.3) is 0 Å². The first-order chi connectivity index (χ1) is 9.28. The second-order valence-corrected chi connectivity index (χ2v) is 6.82. The topological polar surface area (TPSA) is 107 Å². The van der Waals surface area contributed by atoms with E-state index in [0.717, 1.165) is 4.31 Å². The summed E-state index contributed by atoms with van der Waals surface area (Å²) in [6, 6.07) is 0. The predicted molar refractivity (Wildman–Crippen MR) is 72.2 cm³/mol. The first-order valence-electron chi connectivity index (χ1n) is 6.43. The number of carboxylic acids is 1. The Kier molecular flexibility index (Phi) is 5.90. The highest BCUT2D eigenvalue weighted by Gasteiger charge is 2.34. The fraction of sp³-hybridized carbons (Fsp3) is 0.818. The largest absolute Gasteiger partial charge is 0.481 e. The molecular formula is C11H21N3O5S. The van der Waals surface area contributed by atoms with E-state index < -0.39 is 16.2 Å². The summed E-state index contributed by atoms with van der Waals surface area (Å²) in [6.45, 7) is 0.408. The molecular weight excluding hydrogens is 286 g/mol. The molecule has 0 spiro atoms. The molecule has 0 saturated carbocycles. The molecule has 20 heavy (non-hydrogen) atoms. The number of hydrogen-bond acceptors (Lipinski definition) is 4. The Balaban J connectivity index is 2.71. The van der Waals surface area contributed by atoms with E-state index in [1.807, 2.05) is 0 Å². The van der Waals surface area contributed by atoms with Gasteiger partial charge in [0.25, 0.3) is 10.2 Å². The lowest BCUT2D eigenvalue weighted by molar-refractivity contribution is -0.137. The number of piperidine rings is 1. The molecule has 1 unspecified atom stereocenters. The van der Waals surface area contributed by atoms with E-state index in [1.54, 1.807) is 0 Å². The molecule has 2 N–H and O–H groups in total. The molecule has 0 aliphatic carbocycles. The number of nitrogens with one attached hydrogen (secondary N) is 1. The highest BCUT2D eigenvalue weighted by atomic mass is 32.2. The highest BCUT2D eigenvalue weighted by molar-refractivity contribution is 7.86. The van der Waals surface area contributed by atoms with Gasteiger partial charge in [-0.3, -0.25) is 9.59 Å². The van der Waals surface area contributed by atoms with E-state index in [0.29, 0.717) is 19.4 Å². The van der Waals surface area contributed by atoms with Crippen LogP contribution < -0.4 is 5.32 Å². The van der Waals surface area contributed by atoms with Crippen molar-refractivity contribution in [1.29, 1.82) is 0 Å². The summed E-state index contributed by atoms with van der Waals surface area (Å²) in [6.07, 6.45) is 1.02. The Labute approximate surface area is 118 Å². The number of carboxylic acid groups (broad SMARTS) is 1. The van der Waals surface area contributed by atoms with Gasteiger partial charge >= 0.3 is 5.97 Å². The standard InChI is InChI=1S/C11H21N3O5S/c1-12-11(17)9-4-3-6-14(8-9)20(18,19)13(2)7-5-10(15)16/h9H,3-8H2,1-2H3,(H,12,17)(H,15,16). The van der Waals surface area contributed by atoms with Crippen LogP contribution in [0, 0.1) is 5.92 Å². The summed E-state index contributed by atoms with van der Waals surface area (Å²) in [7, 11) is -0.837. The zero-order valence-corrected chi connectivity index (χ0v) is 12.5. The molecule has 1 heterocycles. The van der Waals surface area contributed by atoms with Gasteiger partial charge in [-0.05, 0) is 12.8 Å². The summed E-state index contributed by atoms with van der Waals surface area (Å²) >= 11 is 0. The Hall–Kier alpha value is -1.19. The maximum Gasteiger partial charge on any atom is 0.304 e. The molecule has 9 heteroatoms. The fourth-order valence-corrected chi connectivity index (χ4v) is 3.58. The lowest BCUT2D eigenvalue weighted by atomic mass is 9.99. The SMILES string of the molecule is CNC(=O)C1CCCN(S(=O)(=O)N(C)CCC(=O)O)C1. The maximum absolute atomic E-state index is 12.3. The molecule has 1 atom stereocenters. The van der Waals surface area contributed by atoms with Crippen LogP contribution in [0.1, 0.15) is 19.3 Å². The van der Waals surface area contributed by atoms with E-state index in [9.17, 15) is 18.0 Å². The van der Waals surface area contributed by atoms with E-state index in [-0.39, 0.29) is 31.3 Å². The van der Waals surface area contributed by atoms with Gasteiger partial charge in [-0.25, -0.2) is 0 Å². The van der Waals surface area contributed by atoms with Gasteiger partial charge in [0.1, 0.15) is 0 Å². The molecule has 1 amide bonds. The minimum atomic E-state index is -3.71. The van der Waals surface area contributed by atoms with Crippen molar-refractivity contribution in [2.45, 2.75) is 19.3 Å². The van der Waals surface area contributed by atoms with Crippen molar-refractivity contribution in [3.05, 3.63) is 0 Å². The van der Waals surface area contributed by atoms with Crippen LogP contribution >= 0.6 is 0 Å². The van der Waals surface area contributed by atoms with Gasteiger partial charge < -0.3 is 10.4 Å². The van der Waals surface area contributed by atoms with E-state index in [1.165, 1.54) is 18.4 Å². The number of aliphatic carboxylic acids is 1. The molecule has 0 radical (unpaired) electrons. The predicted octanol–water partition coefficient (Wildman–Crippen LogP) is -0.904. The van der Waals surface area contributed by atoms with Crippen molar-refractivity contribution < 1.29 is 23.1 Å². The molecule has 1 aliphatic heterocycles. The van der Waals surface area contributed by atoms with E-state index in [4.69, 9.17) is 5.11 Å². The van der Waals surface area contributed by atoms with Crippen molar-refractivity contribution in [3.8, 4) is 0 Å². The summed E-state index contributed by atoms with van der Waals surface area (Å²) in [5.74, 6) is -1.57. The Morgan fingerprint density at radius 3 is 2.65 bits per heavy atom. The van der Waals surface area contributed by atoms with Crippen LogP contribution in [0.2, 0.25) is 0 Å². The monoisotopic (exact) mass is 307 g/mol. The number of hydrogen-bond donors (Lipinski definition) is 2. The third kappa shape index (κ3) is 4.15. The number of carbonyl (C=O) groups excluding carboxylic acids is 1. The first kappa shape index (κ1) is 16.9. The van der Waals surface area contributed by atoms with E-state index >= 15 is 0 Å². The minimum Gasteiger partial charge on any atom is -0.481 e. The molecule has 0 bridgehead atoms. The van der Waals surface area contributed by atoms with Gasteiger partial charge in [0.05, 0.1) is 12.3 Å². The van der Waals surface area contributed by atoms with Crippen molar-refractivity contribution in [1.82, 2.24) is 13.9 Å². The molecule has 1 fully saturated rings. The zero-order valence-electron chi connectivity index (χ0n) is 11.7. The lowest BCUT2D eigenvalue weighted by Gasteiger charge is -2.33. The smallest absolute Gasteiger partial charge is 0.304 e. The van der Waals surface area contributed by atoms with Crippen LogP contribution in [-0.2, 0) is 19.8 Å². The maximum atomic E-state index is 12.3. The Morgan fingerprint density at radius 2 is 2.10 bits per heavy atom. The average molecular weight is 307 g/mol. The normalized spacial score (nSPS) is 20.9. The van der Waals surface area contributed by atoms with Crippen LogP contribution in [0.3, 0.4) is 0 Å². The second kappa shape index (κ2) is 7.00. The molecule has 1 rings (SSSR count). The zero-order chi connectivity index (χ0) is 15.3. The summed E-state index contributed by atoms with van der Waals surface area (Å²) in [5.41, 5.74) is 0. The number of rotatable bonds is 6. The summed E-state index contributed by atoms with van der Waals surface area (Å²) in [4.78, 5) is 22.1. The van der Waals surface area contributed by atoms with Crippen molar-refractivity contribution in [3.63, 3.8) is 0 Å². The van der Waals surface area contributed by atoms with E-state index in [2.05, 4.69) is 5.32 Å². The molecule has 116 valence electrons. The van der Waals surface area contributed by atoms with Crippen molar-refractivity contribution in [2.24, 2.45) is 5.92 Å². The van der Waals surface area contributed by atoms with Gasteiger partial charge in [-0.1, -0.05) is 0 Å². The highest BCUT2D eigenvalue weighted by Crippen LogP contribution is 2.20. The lowest BCUT2D eigenvalue weighted by Crippen LogP contribution is -2.49. The van der Waals surface area contributed by atoms with Crippen molar-refractivity contribution >= 4 is 22.1 Å². The van der Waals surface area contributed by atoms with Crippen LogP contribution in [0.4, 0.5) is 0 Å². The minimum absolute atomic E-state index is 0.0845. The third-order valence-corrected chi connectivity index (χ3v) is 5.32. The molecule has 0 aromatic rings. The summed E-state index contributed by atoms with van der Waals surface area (Å²) < 4.78 is 26.8. The molecule has 0 aromatic carbocycles. The summed E-state index contributed by atoms with van der Waals surface area (Å²) in [5, 5.41) is 11.1. The van der Waals surface area contributed by atoms with Gasteiger partial charge in [-0.2, -0.15) is 17.0 Å². The number of nitrogens with zero attached hydrogens (tertiary/aromatic N) is 2. The van der Waals surface area contributed by atoms with Crippen molar-refractivity contribution in [2.75, 3.05) is 33.7 Å². The molecule has 8 nitrogen and oxygen atoms in total. The van der Waals surface area contributed by atoms with Crippen LogP contribution in [0.5, 0.6) is 0 Å². The molecule has 1 aliphatic rings. The first-order valence-corrected chi connectivity index (χ1v) is 7.83. The van der Waals surface area contributed by atoms with Gasteiger partial charge in [-0.15, -0.1) is 0 Å². The average Bonchev–Trinajstić information content (AvgIpc) is 2.43. The number of carbonyl (C=O) groups is 2. The molecule has 1 saturated heterocycles. The van der Waals surface area contributed by atoms with Crippen LogP contribution in [-0.4, -0.2) is 67.7 Å².